The molecule has 1 nitrogen and oxygen atoms in total. The number of hydrogen-bond donors (Lipinski definition) is 0. The molecule has 0 bridgehead atoms. The van der Waals surface area contributed by atoms with Gasteiger partial charge in [-0.25, -0.2) is 0 Å². The van der Waals surface area contributed by atoms with E-state index >= 15 is 0 Å². The molecule has 2 rings (SSSR count). The van der Waals surface area contributed by atoms with Crippen LogP contribution in [0.2, 0.25) is 0 Å². The number of nitrogens with zero attached hydrogens (tertiary/aromatic N) is 1. The van der Waals surface area contributed by atoms with Crippen molar-refractivity contribution in [1.29, 1.82) is 0 Å². The number of rotatable bonds is 7. The van der Waals surface area contributed by atoms with Crippen LogP contribution in [0, 0.1) is 0 Å². The molecule has 94 valence electrons. The monoisotopic (exact) mass is 231 g/mol. The molecule has 1 atom stereocenters. The van der Waals surface area contributed by atoms with Crippen molar-refractivity contribution in [1.82, 2.24) is 4.90 Å². The highest BCUT2D eigenvalue weighted by Crippen LogP contribution is 2.30. The molecule has 0 aliphatic heterocycles. The molecule has 1 fully saturated rings. The Bertz CT molecular complexity index is 316. The van der Waals surface area contributed by atoms with E-state index in [9.17, 15) is 0 Å². The topological polar surface area (TPSA) is 3.24 Å². The van der Waals surface area contributed by atoms with Gasteiger partial charge in [0.05, 0.1) is 0 Å². The maximum atomic E-state index is 2.73. The van der Waals surface area contributed by atoms with Crippen LogP contribution >= 0.6 is 0 Å². The van der Waals surface area contributed by atoms with Crippen LogP contribution in [0.3, 0.4) is 0 Å². The van der Waals surface area contributed by atoms with Crippen molar-refractivity contribution in [3.05, 3.63) is 35.9 Å². The van der Waals surface area contributed by atoms with E-state index in [4.69, 9.17) is 0 Å². The largest absolute Gasteiger partial charge is 0.297 e. The minimum Gasteiger partial charge on any atom is -0.297 e. The van der Waals surface area contributed by atoms with Gasteiger partial charge < -0.3 is 0 Å². The molecule has 1 unspecified atom stereocenters. The maximum absolute atomic E-state index is 2.73. The van der Waals surface area contributed by atoms with Crippen LogP contribution in [-0.2, 0) is 6.42 Å². The van der Waals surface area contributed by atoms with Gasteiger partial charge in [-0.3, -0.25) is 4.90 Å². The van der Waals surface area contributed by atoms with E-state index in [1.807, 2.05) is 0 Å². The van der Waals surface area contributed by atoms with Crippen LogP contribution in [0.25, 0.3) is 0 Å². The summed E-state index contributed by atoms with van der Waals surface area (Å²) in [6.45, 7) is 5.83. The van der Waals surface area contributed by atoms with Crippen molar-refractivity contribution in [2.75, 3.05) is 6.54 Å². The first-order valence-electron chi connectivity index (χ1n) is 7.14. The molecule has 0 amide bonds. The molecule has 1 saturated carbocycles. The van der Waals surface area contributed by atoms with Gasteiger partial charge in [-0.2, -0.15) is 0 Å². The fourth-order valence-electron chi connectivity index (χ4n) is 2.83. The van der Waals surface area contributed by atoms with Gasteiger partial charge in [-0.05, 0) is 37.8 Å². The minimum absolute atomic E-state index is 0.750. The Balaban J connectivity index is 2.00. The second-order valence-electron chi connectivity index (χ2n) is 5.19. The summed E-state index contributed by atoms with van der Waals surface area (Å²) in [5, 5.41) is 0. The second kappa shape index (κ2) is 6.20. The third-order valence-corrected chi connectivity index (χ3v) is 3.79. The zero-order chi connectivity index (χ0) is 12.1. The smallest absolute Gasteiger partial charge is 0.0138 e. The van der Waals surface area contributed by atoms with Crippen LogP contribution in [0.4, 0.5) is 0 Å². The van der Waals surface area contributed by atoms with Gasteiger partial charge in [0.15, 0.2) is 0 Å². The summed E-state index contributed by atoms with van der Waals surface area (Å²) in [6, 6.07) is 12.6. The fraction of sp³-hybridized carbons (Fsp3) is 0.625. The van der Waals surface area contributed by atoms with Crippen molar-refractivity contribution < 1.29 is 0 Å². The van der Waals surface area contributed by atoms with Gasteiger partial charge in [0.2, 0.25) is 0 Å². The molecule has 0 radical (unpaired) electrons. The number of hydrogen-bond acceptors (Lipinski definition) is 1. The van der Waals surface area contributed by atoms with Crippen LogP contribution in [0.1, 0.15) is 45.1 Å². The minimum atomic E-state index is 0.750. The standard InChI is InChI=1S/C16H25N/c1-3-8-16(17(4-2)15-11-12-15)13-14-9-6-5-7-10-14/h5-7,9-10,15-16H,3-4,8,11-13H2,1-2H3. The molecule has 1 aromatic rings. The van der Waals surface area contributed by atoms with Crippen LogP contribution in [0.5, 0.6) is 0 Å². The Morgan fingerprint density at radius 1 is 1.18 bits per heavy atom. The lowest BCUT2D eigenvalue weighted by atomic mass is 10.0. The predicted octanol–water partition coefficient (Wildman–Crippen LogP) is 3.88. The third kappa shape index (κ3) is 3.57. The highest BCUT2D eigenvalue weighted by Gasteiger charge is 2.32. The summed E-state index contributed by atoms with van der Waals surface area (Å²) in [6.07, 6.45) is 6.69. The van der Waals surface area contributed by atoms with Crippen LogP contribution in [0.15, 0.2) is 30.3 Å². The van der Waals surface area contributed by atoms with Crippen molar-refractivity contribution in [2.45, 2.75) is 58.0 Å². The Kier molecular flexibility index (Phi) is 4.61. The Labute approximate surface area is 106 Å². The first-order chi connectivity index (χ1) is 8.35. The summed E-state index contributed by atoms with van der Waals surface area (Å²) in [5.41, 5.74) is 1.49. The molecule has 1 aliphatic carbocycles. The first kappa shape index (κ1) is 12.6. The van der Waals surface area contributed by atoms with E-state index < -0.39 is 0 Å². The van der Waals surface area contributed by atoms with Crippen molar-refractivity contribution >= 4 is 0 Å². The first-order valence-corrected chi connectivity index (χ1v) is 7.14. The molecule has 0 heterocycles. The zero-order valence-corrected chi connectivity index (χ0v) is 11.2. The van der Waals surface area contributed by atoms with E-state index in [-0.39, 0.29) is 0 Å². The number of benzene rings is 1. The molecule has 1 aliphatic rings. The number of likely N-dealkylation sites (N-methyl/N-ethyl adjacent to an activating group) is 1. The average molecular weight is 231 g/mol. The second-order valence-corrected chi connectivity index (χ2v) is 5.19. The summed E-state index contributed by atoms with van der Waals surface area (Å²) >= 11 is 0. The quantitative estimate of drug-likeness (QED) is 0.688. The third-order valence-electron chi connectivity index (χ3n) is 3.79. The van der Waals surface area contributed by atoms with E-state index in [0.29, 0.717) is 0 Å². The SMILES string of the molecule is CCCC(Cc1ccccc1)N(CC)C1CC1. The van der Waals surface area contributed by atoms with E-state index in [0.717, 1.165) is 12.1 Å². The van der Waals surface area contributed by atoms with Crippen LogP contribution < -0.4 is 0 Å². The van der Waals surface area contributed by atoms with Crippen LogP contribution in [-0.4, -0.2) is 23.5 Å². The van der Waals surface area contributed by atoms with Crippen molar-refractivity contribution in [2.24, 2.45) is 0 Å². The van der Waals surface area contributed by atoms with E-state index in [1.54, 1.807) is 0 Å². The van der Waals surface area contributed by atoms with Gasteiger partial charge in [-0.1, -0.05) is 50.6 Å². The van der Waals surface area contributed by atoms with Gasteiger partial charge in [0, 0.05) is 12.1 Å². The molecular formula is C16H25N. The average Bonchev–Trinajstić information content (AvgIpc) is 3.16. The van der Waals surface area contributed by atoms with Gasteiger partial charge in [0.1, 0.15) is 0 Å². The molecule has 1 heteroatoms. The molecule has 0 N–H and O–H groups in total. The molecule has 0 spiro atoms. The zero-order valence-electron chi connectivity index (χ0n) is 11.2. The predicted molar refractivity (Wildman–Crippen MR) is 74.2 cm³/mol. The van der Waals surface area contributed by atoms with E-state index in [1.165, 1.54) is 44.2 Å². The molecule has 17 heavy (non-hydrogen) atoms. The van der Waals surface area contributed by atoms with Crippen molar-refractivity contribution in [3.8, 4) is 0 Å². The van der Waals surface area contributed by atoms with E-state index in [2.05, 4.69) is 49.1 Å². The van der Waals surface area contributed by atoms with Crippen molar-refractivity contribution in [3.63, 3.8) is 0 Å². The molecular weight excluding hydrogens is 206 g/mol. The Morgan fingerprint density at radius 3 is 2.41 bits per heavy atom. The maximum Gasteiger partial charge on any atom is 0.0138 e. The highest BCUT2D eigenvalue weighted by molar-refractivity contribution is 5.16. The lowest BCUT2D eigenvalue weighted by Crippen LogP contribution is -2.38. The molecule has 0 saturated heterocycles. The van der Waals surface area contributed by atoms with Gasteiger partial charge >= 0.3 is 0 Å². The lowest BCUT2D eigenvalue weighted by molar-refractivity contribution is 0.183. The molecule has 1 aromatic carbocycles. The summed E-state index contributed by atoms with van der Waals surface area (Å²) < 4.78 is 0. The Morgan fingerprint density at radius 2 is 1.88 bits per heavy atom. The summed E-state index contributed by atoms with van der Waals surface area (Å²) in [5.74, 6) is 0. The summed E-state index contributed by atoms with van der Waals surface area (Å²) in [4.78, 5) is 2.73. The normalized spacial score (nSPS) is 17.4. The Hall–Kier alpha value is -0.820. The van der Waals surface area contributed by atoms with Gasteiger partial charge in [-0.15, -0.1) is 0 Å². The summed E-state index contributed by atoms with van der Waals surface area (Å²) in [7, 11) is 0. The fourth-order valence-corrected chi connectivity index (χ4v) is 2.83. The van der Waals surface area contributed by atoms with Gasteiger partial charge in [0.25, 0.3) is 0 Å². The highest BCUT2D eigenvalue weighted by atomic mass is 15.2. The lowest BCUT2D eigenvalue weighted by Gasteiger charge is -2.31. The molecule has 0 aromatic heterocycles.